The predicted octanol–water partition coefficient (Wildman–Crippen LogP) is 4.93. The van der Waals surface area contributed by atoms with Crippen LogP contribution < -0.4 is 5.32 Å². The van der Waals surface area contributed by atoms with Crippen molar-refractivity contribution in [2.45, 2.75) is 78.8 Å². The Morgan fingerprint density at radius 1 is 1.15 bits per heavy atom. The molecule has 2 aliphatic rings. The van der Waals surface area contributed by atoms with Crippen molar-refractivity contribution in [3.8, 4) is 0 Å². The Labute approximate surface area is 128 Å². The Morgan fingerprint density at radius 3 is 2.50 bits per heavy atom. The Balaban J connectivity index is 1.60. The van der Waals surface area contributed by atoms with Crippen molar-refractivity contribution >= 4 is 11.3 Å². The van der Waals surface area contributed by atoms with Gasteiger partial charge in [-0.05, 0) is 61.0 Å². The van der Waals surface area contributed by atoms with Crippen LogP contribution in [0.1, 0.15) is 68.7 Å². The lowest BCUT2D eigenvalue weighted by Gasteiger charge is -2.45. The molecule has 1 heterocycles. The Hall–Kier alpha value is -0.340. The summed E-state index contributed by atoms with van der Waals surface area (Å²) in [5.74, 6) is 0. The standard InChI is InChI=1S/C18H29NS/c1-17(2)9-14(10-18(3,4)12-17)19-11-15-8-13-6-5-7-16(13)20-15/h8,14,19H,5-7,9-12H2,1-4H3. The fourth-order valence-electron chi connectivity index (χ4n) is 4.71. The highest BCUT2D eigenvalue weighted by molar-refractivity contribution is 7.12. The molecule has 0 amide bonds. The topological polar surface area (TPSA) is 12.0 Å². The highest BCUT2D eigenvalue weighted by Crippen LogP contribution is 2.45. The normalized spacial score (nSPS) is 24.8. The van der Waals surface area contributed by atoms with Gasteiger partial charge in [-0.15, -0.1) is 11.3 Å². The largest absolute Gasteiger partial charge is 0.309 e. The molecule has 0 atom stereocenters. The summed E-state index contributed by atoms with van der Waals surface area (Å²) in [7, 11) is 0. The molecule has 0 aliphatic heterocycles. The van der Waals surface area contributed by atoms with Crippen LogP contribution in [0.25, 0.3) is 0 Å². The smallest absolute Gasteiger partial charge is 0.0302 e. The van der Waals surface area contributed by atoms with Crippen molar-refractivity contribution in [3.63, 3.8) is 0 Å². The molecule has 1 saturated carbocycles. The van der Waals surface area contributed by atoms with Crippen LogP contribution in [0.3, 0.4) is 0 Å². The fourth-order valence-corrected chi connectivity index (χ4v) is 5.92. The molecule has 0 aromatic carbocycles. The molecule has 1 fully saturated rings. The van der Waals surface area contributed by atoms with E-state index in [9.17, 15) is 0 Å². The van der Waals surface area contributed by atoms with Crippen molar-refractivity contribution in [3.05, 3.63) is 21.4 Å². The van der Waals surface area contributed by atoms with Crippen LogP contribution in [0.15, 0.2) is 6.07 Å². The molecule has 112 valence electrons. The zero-order valence-electron chi connectivity index (χ0n) is 13.5. The number of fused-ring (bicyclic) bond motifs is 1. The first kappa shape index (κ1) is 14.6. The summed E-state index contributed by atoms with van der Waals surface area (Å²) in [5, 5.41) is 3.85. The minimum atomic E-state index is 0.483. The average Bonchev–Trinajstić information content (AvgIpc) is 2.81. The van der Waals surface area contributed by atoms with Crippen molar-refractivity contribution in [1.29, 1.82) is 0 Å². The minimum Gasteiger partial charge on any atom is -0.309 e. The van der Waals surface area contributed by atoms with Gasteiger partial charge in [0.2, 0.25) is 0 Å². The van der Waals surface area contributed by atoms with Gasteiger partial charge in [0.25, 0.3) is 0 Å². The minimum absolute atomic E-state index is 0.483. The molecule has 0 bridgehead atoms. The number of hydrogen-bond donors (Lipinski definition) is 1. The van der Waals surface area contributed by atoms with Gasteiger partial charge < -0.3 is 5.32 Å². The van der Waals surface area contributed by atoms with E-state index in [1.165, 1.54) is 38.5 Å². The summed E-state index contributed by atoms with van der Waals surface area (Å²) in [5.41, 5.74) is 2.60. The lowest BCUT2D eigenvalue weighted by Crippen LogP contribution is -2.43. The van der Waals surface area contributed by atoms with E-state index in [-0.39, 0.29) is 0 Å². The molecule has 2 heteroatoms. The number of rotatable bonds is 3. The van der Waals surface area contributed by atoms with E-state index in [1.807, 2.05) is 11.3 Å². The Bertz CT molecular complexity index is 446. The third kappa shape index (κ3) is 3.28. The van der Waals surface area contributed by atoms with Crippen molar-refractivity contribution in [1.82, 2.24) is 5.32 Å². The number of nitrogens with one attached hydrogen (secondary N) is 1. The van der Waals surface area contributed by atoms with Gasteiger partial charge in [0, 0.05) is 22.3 Å². The third-order valence-electron chi connectivity index (χ3n) is 4.92. The predicted molar refractivity (Wildman–Crippen MR) is 88.4 cm³/mol. The fraction of sp³-hybridized carbons (Fsp3) is 0.778. The maximum Gasteiger partial charge on any atom is 0.0302 e. The van der Waals surface area contributed by atoms with Crippen LogP contribution in [0.4, 0.5) is 0 Å². The van der Waals surface area contributed by atoms with E-state index < -0.39 is 0 Å². The zero-order valence-corrected chi connectivity index (χ0v) is 14.3. The maximum absolute atomic E-state index is 3.85. The highest BCUT2D eigenvalue weighted by atomic mass is 32.1. The van der Waals surface area contributed by atoms with E-state index in [0.717, 1.165) is 6.54 Å². The summed E-state index contributed by atoms with van der Waals surface area (Å²) in [4.78, 5) is 3.21. The highest BCUT2D eigenvalue weighted by Gasteiger charge is 2.38. The van der Waals surface area contributed by atoms with E-state index >= 15 is 0 Å². The molecular weight excluding hydrogens is 262 g/mol. The lowest BCUT2D eigenvalue weighted by atomic mass is 9.63. The zero-order chi connectivity index (χ0) is 14.4. The second-order valence-corrected chi connectivity index (χ2v) is 9.73. The molecule has 0 spiro atoms. The van der Waals surface area contributed by atoms with Crippen LogP contribution >= 0.6 is 11.3 Å². The number of thiophene rings is 1. The van der Waals surface area contributed by atoms with E-state index in [1.54, 1.807) is 15.3 Å². The molecule has 0 saturated heterocycles. The average molecular weight is 292 g/mol. The van der Waals surface area contributed by atoms with Crippen LogP contribution in [-0.4, -0.2) is 6.04 Å². The SMILES string of the molecule is CC1(C)CC(NCc2cc3c(s2)CCC3)CC(C)(C)C1. The van der Waals surface area contributed by atoms with Gasteiger partial charge in [0.1, 0.15) is 0 Å². The van der Waals surface area contributed by atoms with E-state index in [2.05, 4.69) is 39.1 Å². The van der Waals surface area contributed by atoms with Gasteiger partial charge >= 0.3 is 0 Å². The van der Waals surface area contributed by atoms with E-state index in [0.29, 0.717) is 16.9 Å². The van der Waals surface area contributed by atoms with Crippen molar-refractivity contribution < 1.29 is 0 Å². The van der Waals surface area contributed by atoms with Gasteiger partial charge in [-0.3, -0.25) is 0 Å². The molecule has 0 unspecified atom stereocenters. The summed E-state index contributed by atoms with van der Waals surface area (Å²) in [6, 6.07) is 3.14. The molecule has 2 aliphatic carbocycles. The van der Waals surface area contributed by atoms with Gasteiger partial charge in [0.15, 0.2) is 0 Å². The number of hydrogen-bond acceptors (Lipinski definition) is 2. The first-order valence-electron chi connectivity index (χ1n) is 8.17. The first-order valence-corrected chi connectivity index (χ1v) is 8.99. The molecule has 1 N–H and O–H groups in total. The third-order valence-corrected chi connectivity index (χ3v) is 6.15. The number of aryl methyl sites for hydroxylation is 2. The maximum atomic E-state index is 3.85. The van der Waals surface area contributed by atoms with Crippen LogP contribution in [-0.2, 0) is 19.4 Å². The lowest BCUT2D eigenvalue weighted by molar-refractivity contribution is 0.0846. The quantitative estimate of drug-likeness (QED) is 0.832. The Morgan fingerprint density at radius 2 is 1.85 bits per heavy atom. The molecular formula is C18H29NS. The molecule has 1 aromatic heterocycles. The first-order chi connectivity index (χ1) is 9.33. The Kier molecular flexibility index (Phi) is 3.75. The summed E-state index contributed by atoms with van der Waals surface area (Å²) >= 11 is 2.05. The van der Waals surface area contributed by atoms with Crippen molar-refractivity contribution in [2.75, 3.05) is 0 Å². The van der Waals surface area contributed by atoms with Gasteiger partial charge in [-0.25, -0.2) is 0 Å². The van der Waals surface area contributed by atoms with Crippen LogP contribution in [0.5, 0.6) is 0 Å². The van der Waals surface area contributed by atoms with Gasteiger partial charge in [0.05, 0.1) is 0 Å². The van der Waals surface area contributed by atoms with Gasteiger partial charge in [-0.2, -0.15) is 0 Å². The molecule has 0 radical (unpaired) electrons. The monoisotopic (exact) mass is 291 g/mol. The summed E-state index contributed by atoms with van der Waals surface area (Å²) < 4.78 is 0. The molecule has 1 nitrogen and oxygen atoms in total. The van der Waals surface area contributed by atoms with Gasteiger partial charge in [-0.1, -0.05) is 27.7 Å². The second-order valence-electron chi connectivity index (χ2n) is 8.51. The molecule has 3 rings (SSSR count). The van der Waals surface area contributed by atoms with Crippen LogP contribution in [0.2, 0.25) is 0 Å². The van der Waals surface area contributed by atoms with Crippen molar-refractivity contribution in [2.24, 2.45) is 10.8 Å². The summed E-state index contributed by atoms with van der Waals surface area (Å²) in [6.45, 7) is 10.8. The molecule has 20 heavy (non-hydrogen) atoms. The summed E-state index contributed by atoms with van der Waals surface area (Å²) in [6.07, 6.45) is 8.01. The second kappa shape index (κ2) is 5.14. The van der Waals surface area contributed by atoms with E-state index in [4.69, 9.17) is 0 Å². The molecule has 1 aromatic rings. The van der Waals surface area contributed by atoms with Crippen LogP contribution in [0, 0.1) is 10.8 Å².